The summed E-state index contributed by atoms with van der Waals surface area (Å²) in [5, 5.41) is 8.16. The van der Waals surface area contributed by atoms with Gasteiger partial charge in [0, 0.05) is 6.04 Å². The van der Waals surface area contributed by atoms with E-state index in [0.29, 0.717) is 12.6 Å². The Labute approximate surface area is 99.6 Å². The number of nitrogens with zero attached hydrogens (tertiary/aromatic N) is 3. The minimum Gasteiger partial charge on any atom is -0.456 e. The van der Waals surface area contributed by atoms with Crippen molar-refractivity contribution in [1.29, 1.82) is 0 Å². The van der Waals surface area contributed by atoms with E-state index in [-0.39, 0.29) is 0 Å². The highest BCUT2D eigenvalue weighted by atomic mass is 16.3. The third kappa shape index (κ3) is 1.86. The van der Waals surface area contributed by atoms with E-state index in [2.05, 4.69) is 14.8 Å². The van der Waals surface area contributed by atoms with Crippen LogP contribution in [0.2, 0.25) is 0 Å². The number of hydrogen-bond acceptors (Lipinski definition) is 4. The van der Waals surface area contributed by atoms with Crippen LogP contribution in [0.4, 0.5) is 0 Å². The van der Waals surface area contributed by atoms with Crippen molar-refractivity contribution in [3.05, 3.63) is 24.2 Å². The van der Waals surface area contributed by atoms with Gasteiger partial charge in [0.05, 0.1) is 6.54 Å². The van der Waals surface area contributed by atoms with E-state index in [9.17, 15) is 0 Å². The summed E-state index contributed by atoms with van der Waals surface area (Å²) in [7, 11) is 0. The standard InChI is InChI=1S/C12H16N4O/c13-7-10-5-6-11(17-10)12-15-14-8-16(12)9-3-1-2-4-9/h5-6,8-9H,1-4,7,13H2. The molecule has 0 atom stereocenters. The number of furan rings is 1. The Hall–Kier alpha value is -1.62. The lowest BCUT2D eigenvalue weighted by Gasteiger charge is -2.12. The molecule has 17 heavy (non-hydrogen) atoms. The highest BCUT2D eigenvalue weighted by molar-refractivity contribution is 5.47. The minimum atomic E-state index is 0.414. The lowest BCUT2D eigenvalue weighted by atomic mass is 10.2. The normalized spacial score (nSPS) is 16.8. The van der Waals surface area contributed by atoms with Crippen LogP contribution in [0.5, 0.6) is 0 Å². The quantitative estimate of drug-likeness (QED) is 0.879. The first-order valence-electron chi connectivity index (χ1n) is 6.07. The zero-order valence-corrected chi connectivity index (χ0v) is 9.67. The van der Waals surface area contributed by atoms with Crippen LogP contribution in [0.1, 0.15) is 37.5 Å². The molecule has 0 unspecified atom stereocenters. The molecule has 5 nitrogen and oxygen atoms in total. The van der Waals surface area contributed by atoms with Crippen molar-refractivity contribution < 1.29 is 4.42 Å². The van der Waals surface area contributed by atoms with Gasteiger partial charge in [-0.2, -0.15) is 0 Å². The molecule has 5 heteroatoms. The van der Waals surface area contributed by atoms with Crippen LogP contribution in [-0.4, -0.2) is 14.8 Å². The van der Waals surface area contributed by atoms with Crippen molar-refractivity contribution in [2.45, 2.75) is 38.3 Å². The number of nitrogens with two attached hydrogens (primary N) is 1. The summed E-state index contributed by atoms with van der Waals surface area (Å²) in [6.07, 6.45) is 6.78. The maximum absolute atomic E-state index is 5.63. The van der Waals surface area contributed by atoms with Gasteiger partial charge in [0.25, 0.3) is 0 Å². The molecule has 2 heterocycles. The summed E-state index contributed by atoms with van der Waals surface area (Å²) >= 11 is 0. The Morgan fingerprint density at radius 1 is 1.35 bits per heavy atom. The average Bonchev–Trinajstić information content (AvgIpc) is 3.09. The molecule has 2 aromatic heterocycles. The largest absolute Gasteiger partial charge is 0.456 e. The van der Waals surface area contributed by atoms with Crippen LogP contribution in [-0.2, 0) is 6.54 Å². The van der Waals surface area contributed by atoms with Crippen molar-refractivity contribution in [1.82, 2.24) is 14.8 Å². The summed E-state index contributed by atoms with van der Waals surface area (Å²) < 4.78 is 7.76. The fourth-order valence-electron chi connectivity index (χ4n) is 2.48. The van der Waals surface area contributed by atoms with Gasteiger partial charge in [0.1, 0.15) is 12.1 Å². The molecule has 2 aromatic rings. The van der Waals surface area contributed by atoms with Gasteiger partial charge < -0.3 is 14.7 Å². The van der Waals surface area contributed by atoms with E-state index in [4.69, 9.17) is 10.2 Å². The first-order valence-corrected chi connectivity index (χ1v) is 6.07. The smallest absolute Gasteiger partial charge is 0.199 e. The molecular formula is C12H16N4O. The van der Waals surface area contributed by atoms with E-state index in [1.165, 1.54) is 25.7 Å². The summed E-state index contributed by atoms with van der Waals surface area (Å²) in [5.41, 5.74) is 5.54. The predicted octanol–water partition coefficient (Wildman–Crippen LogP) is 2.11. The lowest BCUT2D eigenvalue weighted by molar-refractivity contribution is 0.491. The van der Waals surface area contributed by atoms with E-state index < -0.39 is 0 Å². The molecule has 0 spiro atoms. The number of hydrogen-bond donors (Lipinski definition) is 1. The third-order valence-electron chi connectivity index (χ3n) is 3.37. The molecule has 1 fully saturated rings. The first-order chi connectivity index (χ1) is 8.38. The molecule has 1 aliphatic rings. The fraction of sp³-hybridized carbons (Fsp3) is 0.500. The predicted molar refractivity (Wildman–Crippen MR) is 63.1 cm³/mol. The Bertz CT molecular complexity index is 496. The summed E-state index contributed by atoms with van der Waals surface area (Å²) in [6, 6.07) is 4.33. The zero-order chi connectivity index (χ0) is 11.7. The van der Waals surface area contributed by atoms with Crippen molar-refractivity contribution in [2.24, 2.45) is 5.73 Å². The Kier molecular flexibility index (Phi) is 2.68. The van der Waals surface area contributed by atoms with E-state index in [1.807, 2.05) is 12.1 Å². The minimum absolute atomic E-state index is 0.414. The molecule has 2 N–H and O–H groups in total. The Morgan fingerprint density at radius 2 is 2.18 bits per heavy atom. The van der Waals surface area contributed by atoms with Crippen molar-refractivity contribution >= 4 is 0 Å². The highest BCUT2D eigenvalue weighted by Crippen LogP contribution is 2.32. The average molecular weight is 232 g/mol. The molecule has 0 aliphatic heterocycles. The zero-order valence-electron chi connectivity index (χ0n) is 9.67. The number of aromatic nitrogens is 3. The maximum Gasteiger partial charge on any atom is 0.199 e. The van der Waals surface area contributed by atoms with E-state index in [1.54, 1.807) is 6.33 Å². The van der Waals surface area contributed by atoms with Crippen LogP contribution in [0.3, 0.4) is 0 Å². The molecule has 0 saturated heterocycles. The Balaban J connectivity index is 1.94. The van der Waals surface area contributed by atoms with Crippen LogP contribution in [0.25, 0.3) is 11.6 Å². The molecule has 0 radical (unpaired) electrons. The highest BCUT2D eigenvalue weighted by Gasteiger charge is 2.21. The van der Waals surface area contributed by atoms with Gasteiger partial charge in [-0.1, -0.05) is 12.8 Å². The molecule has 0 bridgehead atoms. The van der Waals surface area contributed by atoms with Gasteiger partial charge in [0.2, 0.25) is 0 Å². The SMILES string of the molecule is NCc1ccc(-c2nncn2C2CCCC2)o1. The van der Waals surface area contributed by atoms with Crippen LogP contribution in [0.15, 0.2) is 22.9 Å². The van der Waals surface area contributed by atoms with Gasteiger partial charge in [0.15, 0.2) is 11.6 Å². The molecule has 1 saturated carbocycles. The molecule has 1 aliphatic carbocycles. The summed E-state index contributed by atoms with van der Waals surface area (Å²) in [6.45, 7) is 0.414. The summed E-state index contributed by atoms with van der Waals surface area (Å²) in [4.78, 5) is 0. The molecule has 0 aromatic carbocycles. The fourth-order valence-corrected chi connectivity index (χ4v) is 2.48. The van der Waals surface area contributed by atoms with Crippen molar-refractivity contribution in [3.63, 3.8) is 0 Å². The second-order valence-electron chi connectivity index (χ2n) is 4.47. The van der Waals surface area contributed by atoms with Gasteiger partial charge in [-0.15, -0.1) is 10.2 Å². The second kappa shape index (κ2) is 4.33. The monoisotopic (exact) mass is 232 g/mol. The molecule has 3 rings (SSSR count). The van der Waals surface area contributed by atoms with Gasteiger partial charge in [-0.25, -0.2) is 0 Å². The first kappa shape index (κ1) is 10.5. The van der Waals surface area contributed by atoms with Crippen molar-refractivity contribution in [3.8, 4) is 11.6 Å². The van der Waals surface area contributed by atoms with Crippen molar-refractivity contribution in [2.75, 3.05) is 0 Å². The van der Waals surface area contributed by atoms with E-state index in [0.717, 1.165) is 17.3 Å². The molecule has 90 valence electrons. The Morgan fingerprint density at radius 3 is 2.88 bits per heavy atom. The number of rotatable bonds is 3. The van der Waals surface area contributed by atoms with Crippen LogP contribution < -0.4 is 5.73 Å². The van der Waals surface area contributed by atoms with Crippen LogP contribution >= 0.6 is 0 Å². The summed E-state index contributed by atoms with van der Waals surface area (Å²) in [5.74, 6) is 2.35. The van der Waals surface area contributed by atoms with Gasteiger partial charge in [-0.05, 0) is 25.0 Å². The third-order valence-corrected chi connectivity index (χ3v) is 3.37. The van der Waals surface area contributed by atoms with E-state index >= 15 is 0 Å². The topological polar surface area (TPSA) is 69.9 Å². The van der Waals surface area contributed by atoms with Gasteiger partial charge in [-0.3, -0.25) is 0 Å². The second-order valence-corrected chi connectivity index (χ2v) is 4.47. The lowest BCUT2D eigenvalue weighted by Crippen LogP contribution is -2.05. The van der Waals surface area contributed by atoms with Gasteiger partial charge >= 0.3 is 0 Å². The van der Waals surface area contributed by atoms with Crippen LogP contribution in [0, 0.1) is 0 Å². The molecular weight excluding hydrogens is 216 g/mol. The maximum atomic E-state index is 5.63. The molecule has 0 amide bonds.